The summed E-state index contributed by atoms with van der Waals surface area (Å²) < 4.78 is 16.8. The van der Waals surface area contributed by atoms with E-state index in [1.165, 1.54) is 6.07 Å². The van der Waals surface area contributed by atoms with Crippen molar-refractivity contribution in [2.75, 3.05) is 0 Å². The number of carbonyl (C=O) groups excluding carboxylic acids is 1. The Balaban J connectivity index is 1.65. The summed E-state index contributed by atoms with van der Waals surface area (Å²) in [5.41, 5.74) is -0.140. The van der Waals surface area contributed by atoms with Crippen LogP contribution in [0.15, 0.2) is 36.3 Å². The number of hydrogen-bond donors (Lipinski definition) is 3. The summed E-state index contributed by atoms with van der Waals surface area (Å²) >= 11 is 0. The number of aliphatic hydroxyl groups excluding tert-OH is 1. The van der Waals surface area contributed by atoms with Gasteiger partial charge in [-0.05, 0) is 12.2 Å². The van der Waals surface area contributed by atoms with Crippen LogP contribution in [0.3, 0.4) is 0 Å². The number of phenolic OH excluding ortho intramolecular Hbond substituents is 2. The molecule has 120 valence electrons. The van der Waals surface area contributed by atoms with Crippen LogP contribution < -0.4 is 4.74 Å². The summed E-state index contributed by atoms with van der Waals surface area (Å²) in [6, 6.07) is 2.25. The Morgan fingerprint density at radius 2 is 2.00 bits per heavy atom. The number of fused-ring (bicyclic) bond motifs is 2. The number of ether oxygens (including phenoxy) is 3. The van der Waals surface area contributed by atoms with E-state index in [0.29, 0.717) is 12.2 Å². The highest BCUT2D eigenvalue weighted by Gasteiger charge is 2.47. The minimum Gasteiger partial charge on any atom is -0.508 e. The first-order valence-corrected chi connectivity index (χ1v) is 7.18. The largest absolute Gasteiger partial charge is 0.508 e. The molecule has 0 spiro atoms. The first-order chi connectivity index (χ1) is 11.0. The van der Waals surface area contributed by atoms with Crippen LogP contribution in [0.5, 0.6) is 17.2 Å². The molecule has 0 saturated carbocycles. The molecule has 4 atom stereocenters. The van der Waals surface area contributed by atoms with Gasteiger partial charge >= 0.3 is 0 Å². The predicted octanol–water partition coefficient (Wildman–Crippen LogP) is 0.988. The Bertz CT molecular complexity index is 736. The zero-order chi connectivity index (χ0) is 16.1. The smallest absolute Gasteiger partial charge is 0.202 e. The lowest BCUT2D eigenvalue weighted by Gasteiger charge is -2.32. The highest BCUT2D eigenvalue weighted by atomic mass is 16.6. The number of Topliss-reactive ketones (excluding diaryl/α,β-unsaturated/α-hetero) is 1. The molecule has 3 heterocycles. The summed E-state index contributed by atoms with van der Waals surface area (Å²) in [7, 11) is 0. The van der Waals surface area contributed by atoms with E-state index in [1.807, 2.05) is 0 Å². The number of aromatic hydroxyl groups is 2. The van der Waals surface area contributed by atoms with E-state index >= 15 is 0 Å². The van der Waals surface area contributed by atoms with Gasteiger partial charge in [0.05, 0.1) is 6.26 Å². The molecule has 3 aliphatic heterocycles. The van der Waals surface area contributed by atoms with Crippen LogP contribution in [-0.2, 0) is 9.47 Å². The number of rotatable bonds is 1. The fourth-order valence-electron chi connectivity index (χ4n) is 3.09. The van der Waals surface area contributed by atoms with Gasteiger partial charge < -0.3 is 29.5 Å². The van der Waals surface area contributed by atoms with E-state index < -0.39 is 29.8 Å². The van der Waals surface area contributed by atoms with Gasteiger partial charge in [0.2, 0.25) is 5.78 Å². The zero-order valence-electron chi connectivity index (χ0n) is 11.9. The minimum absolute atomic E-state index is 0.0225. The maximum absolute atomic E-state index is 12.3. The summed E-state index contributed by atoms with van der Waals surface area (Å²) in [6.45, 7) is 0. The molecule has 0 amide bonds. The van der Waals surface area contributed by atoms with Crippen molar-refractivity contribution >= 4 is 5.78 Å². The summed E-state index contributed by atoms with van der Waals surface area (Å²) in [4.78, 5) is 12.3. The van der Waals surface area contributed by atoms with Crippen molar-refractivity contribution in [2.24, 2.45) is 0 Å². The van der Waals surface area contributed by atoms with Crippen LogP contribution in [0, 0.1) is 0 Å². The second-order valence-electron chi connectivity index (χ2n) is 5.64. The Morgan fingerprint density at radius 3 is 2.78 bits per heavy atom. The van der Waals surface area contributed by atoms with Crippen molar-refractivity contribution in [1.29, 1.82) is 0 Å². The van der Waals surface area contributed by atoms with Crippen LogP contribution >= 0.6 is 0 Å². The fraction of sp³-hybridized carbons (Fsp3) is 0.312. The molecule has 1 aromatic carbocycles. The number of aliphatic hydroxyl groups is 1. The molecule has 1 fully saturated rings. The molecule has 7 heteroatoms. The monoisotopic (exact) mass is 318 g/mol. The van der Waals surface area contributed by atoms with Gasteiger partial charge in [-0.1, -0.05) is 0 Å². The normalized spacial score (nSPS) is 31.3. The highest BCUT2D eigenvalue weighted by Crippen LogP contribution is 2.41. The second-order valence-corrected chi connectivity index (χ2v) is 5.64. The van der Waals surface area contributed by atoms with Crippen LogP contribution in [0.2, 0.25) is 0 Å². The van der Waals surface area contributed by atoms with Gasteiger partial charge in [-0.2, -0.15) is 0 Å². The molecule has 23 heavy (non-hydrogen) atoms. The lowest BCUT2D eigenvalue weighted by Crippen LogP contribution is -2.49. The molecule has 0 bridgehead atoms. The molecule has 0 radical (unpaired) electrons. The van der Waals surface area contributed by atoms with E-state index in [4.69, 9.17) is 14.2 Å². The second kappa shape index (κ2) is 4.92. The molecule has 1 aromatic rings. The molecule has 3 aliphatic rings. The topological polar surface area (TPSA) is 105 Å². The van der Waals surface area contributed by atoms with Crippen molar-refractivity contribution in [1.82, 2.24) is 0 Å². The van der Waals surface area contributed by atoms with E-state index in [-0.39, 0.29) is 23.2 Å². The predicted molar refractivity (Wildman–Crippen MR) is 76.1 cm³/mol. The van der Waals surface area contributed by atoms with Gasteiger partial charge in [0.15, 0.2) is 18.3 Å². The molecule has 7 nitrogen and oxygen atoms in total. The summed E-state index contributed by atoms with van der Waals surface area (Å²) in [5.74, 6) is -0.695. The molecule has 0 aromatic heterocycles. The first-order valence-electron chi connectivity index (χ1n) is 7.18. The van der Waals surface area contributed by atoms with E-state index in [2.05, 4.69) is 0 Å². The average Bonchev–Trinajstić information content (AvgIpc) is 2.93. The number of ketones is 1. The first kappa shape index (κ1) is 14.0. The third kappa shape index (κ3) is 2.12. The lowest BCUT2D eigenvalue weighted by atomic mass is 9.93. The molecule has 4 unspecified atom stereocenters. The van der Waals surface area contributed by atoms with Crippen molar-refractivity contribution in [3.8, 4) is 17.2 Å². The molecular weight excluding hydrogens is 304 g/mol. The van der Waals surface area contributed by atoms with E-state index in [1.54, 1.807) is 18.4 Å². The Morgan fingerprint density at radius 1 is 1.17 bits per heavy atom. The maximum atomic E-state index is 12.3. The van der Waals surface area contributed by atoms with Crippen molar-refractivity contribution in [3.63, 3.8) is 0 Å². The Kier molecular flexibility index (Phi) is 2.99. The lowest BCUT2D eigenvalue weighted by molar-refractivity contribution is -0.0383. The number of carbonyl (C=O) groups is 1. The van der Waals surface area contributed by atoms with Gasteiger partial charge in [-0.15, -0.1) is 0 Å². The van der Waals surface area contributed by atoms with E-state index in [0.717, 1.165) is 6.07 Å². The van der Waals surface area contributed by atoms with Crippen molar-refractivity contribution in [2.45, 2.75) is 30.8 Å². The molecule has 4 rings (SSSR count). The van der Waals surface area contributed by atoms with Gasteiger partial charge in [-0.3, -0.25) is 4.79 Å². The number of hydrogen-bond acceptors (Lipinski definition) is 7. The van der Waals surface area contributed by atoms with Crippen molar-refractivity contribution in [3.05, 3.63) is 41.9 Å². The third-order valence-corrected chi connectivity index (χ3v) is 4.15. The number of allylic oxidation sites excluding steroid dienone is 2. The quantitative estimate of drug-likeness (QED) is 0.709. The Labute approximate surface area is 131 Å². The maximum Gasteiger partial charge on any atom is 0.202 e. The SMILES string of the molecule is O=C1c2c(O)cc(O)cc2OC(C2CC3OC=CC=C3O2)C1O. The van der Waals surface area contributed by atoms with Crippen LogP contribution in [-0.4, -0.2) is 45.5 Å². The summed E-state index contributed by atoms with van der Waals surface area (Å²) in [6.07, 6.45) is 2.15. The fourth-order valence-corrected chi connectivity index (χ4v) is 3.09. The van der Waals surface area contributed by atoms with Gasteiger partial charge in [0.25, 0.3) is 0 Å². The average molecular weight is 318 g/mol. The van der Waals surface area contributed by atoms with Gasteiger partial charge in [-0.25, -0.2) is 0 Å². The number of phenols is 2. The highest BCUT2D eigenvalue weighted by molar-refractivity contribution is 6.05. The van der Waals surface area contributed by atoms with Crippen LogP contribution in [0.25, 0.3) is 0 Å². The van der Waals surface area contributed by atoms with Gasteiger partial charge in [0.1, 0.15) is 34.7 Å². The standard InChI is InChI=1S/C16H14O7/c17-7-4-8(18)13-11(5-7)23-16(15(20)14(13)19)12-6-10-9(22-12)2-1-3-21-10/h1-5,10,12,15-18,20H,6H2. The Hall–Kier alpha value is -2.67. The zero-order valence-corrected chi connectivity index (χ0v) is 11.9. The minimum atomic E-state index is -1.48. The number of benzene rings is 1. The molecule has 1 saturated heterocycles. The van der Waals surface area contributed by atoms with Crippen LogP contribution in [0.4, 0.5) is 0 Å². The van der Waals surface area contributed by atoms with E-state index in [9.17, 15) is 20.1 Å². The van der Waals surface area contributed by atoms with Crippen molar-refractivity contribution < 1.29 is 34.3 Å². The molecular formula is C16H14O7. The van der Waals surface area contributed by atoms with Crippen LogP contribution in [0.1, 0.15) is 16.8 Å². The molecule has 0 aliphatic carbocycles. The third-order valence-electron chi connectivity index (χ3n) is 4.15. The summed E-state index contributed by atoms with van der Waals surface area (Å²) in [5, 5.41) is 29.6. The van der Waals surface area contributed by atoms with Gasteiger partial charge in [0, 0.05) is 18.6 Å². The molecule has 3 N–H and O–H groups in total.